The summed E-state index contributed by atoms with van der Waals surface area (Å²) in [5, 5.41) is 5.02. The molecule has 1 aliphatic heterocycles. The molecule has 4 heteroatoms. The van der Waals surface area contributed by atoms with E-state index >= 15 is 0 Å². The van der Waals surface area contributed by atoms with Gasteiger partial charge < -0.3 is 14.7 Å². The van der Waals surface area contributed by atoms with E-state index < -0.39 is 0 Å². The third-order valence-corrected chi connectivity index (χ3v) is 4.52. The minimum atomic E-state index is -0.0676. The lowest BCUT2D eigenvalue weighted by atomic mass is 9.98. The number of carbonyl (C=O) groups excluding carboxylic acids is 1. The third-order valence-electron chi connectivity index (χ3n) is 4.52. The number of aromatic nitrogens is 1. The van der Waals surface area contributed by atoms with E-state index in [4.69, 9.17) is 4.42 Å². The minimum absolute atomic E-state index is 0.0676. The number of benzene rings is 2. The van der Waals surface area contributed by atoms with Gasteiger partial charge in [0.1, 0.15) is 11.3 Å². The van der Waals surface area contributed by atoms with Gasteiger partial charge in [0.25, 0.3) is 5.91 Å². The first-order valence-corrected chi connectivity index (χ1v) is 7.72. The molecule has 4 aromatic rings. The second kappa shape index (κ2) is 4.49. The Bertz CT molecular complexity index is 1060. The number of hydrogen-bond donors (Lipinski definition) is 2. The van der Waals surface area contributed by atoms with Gasteiger partial charge in [0.15, 0.2) is 0 Å². The summed E-state index contributed by atoms with van der Waals surface area (Å²) < 4.78 is 6.09. The van der Waals surface area contributed by atoms with Gasteiger partial charge in [-0.3, -0.25) is 4.79 Å². The topological polar surface area (TPSA) is 58.0 Å². The molecule has 23 heavy (non-hydrogen) atoms. The molecular formula is C19H14N2O2. The highest BCUT2D eigenvalue weighted by Crippen LogP contribution is 2.39. The van der Waals surface area contributed by atoms with Crippen LogP contribution in [-0.2, 0) is 6.42 Å². The number of furan rings is 1. The molecule has 0 atom stereocenters. The van der Waals surface area contributed by atoms with Gasteiger partial charge in [-0.1, -0.05) is 30.3 Å². The van der Waals surface area contributed by atoms with Crippen LogP contribution in [0, 0.1) is 0 Å². The molecule has 2 aromatic carbocycles. The van der Waals surface area contributed by atoms with Gasteiger partial charge in [0.05, 0.1) is 5.56 Å². The molecule has 0 saturated heterocycles. The lowest BCUT2D eigenvalue weighted by Crippen LogP contribution is -2.26. The molecule has 0 bridgehead atoms. The van der Waals surface area contributed by atoms with Crippen LogP contribution in [0.4, 0.5) is 0 Å². The first-order valence-electron chi connectivity index (χ1n) is 7.72. The van der Waals surface area contributed by atoms with E-state index in [1.807, 2.05) is 48.7 Å². The highest BCUT2D eigenvalue weighted by molar-refractivity contribution is 6.20. The Hall–Kier alpha value is -3.01. The zero-order valence-electron chi connectivity index (χ0n) is 12.3. The summed E-state index contributed by atoms with van der Waals surface area (Å²) in [6, 6.07) is 13.7. The van der Waals surface area contributed by atoms with Crippen LogP contribution in [0.3, 0.4) is 0 Å². The molecule has 0 aliphatic carbocycles. The standard InChI is InChI=1S/C19H14N2O2/c22-19-17-16-14(23-18(17)11-4-2-1-3-5-11)7-6-13-15(16)12(10-21-13)8-9-20-19/h1-7,10,21H,8-9H2,(H,20,22). The van der Waals surface area contributed by atoms with Gasteiger partial charge in [-0.25, -0.2) is 0 Å². The largest absolute Gasteiger partial charge is 0.455 e. The number of nitrogens with one attached hydrogen (secondary N) is 2. The van der Waals surface area contributed by atoms with Crippen molar-refractivity contribution >= 4 is 27.8 Å². The Labute approximate surface area is 132 Å². The summed E-state index contributed by atoms with van der Waals surface area (Å²) in [5.41, 5.74) is 4.57. The zero-order valence-corrected chi connectivity index (χ0v) is 12.3. The second-order valence-electron chi connectivity index (χ2n) is 5.85. The number of hydrogen-bond acceptors (Lipinski definition) is 2. The highest BCUT2D eigenvalue weighted by Gasteiger charge is 2.26. The van der Waals surface area contributed by atoms with E-state index in [2.05, 4.69) is 10.3 Å². The summed E-state index contributed by atoms with van der Waals surface area (Å²) >= 11 is 0. The van der Waals surface area contributed by atoms with Gasteiger partial charge in [-0.15, -0.1) is 0 Å². The van der Waals surface area contributed by atoms with Crippen molar-refractivity contribution in [1.82, 2.24) is 10.3 Å². The molecule has 2 N–H and O–H groups in total. The summed E-state index contributed by atoms with van der Waals surface area (Å²) in [7, 11) is 0. The number of H-pyrrole nitrogens is 1. The van der Waals surface area contributed by atoms with Crippen molar-refractivity contribution < 1.29 is 9.21 Å². The molecule has 0 saturated carbocycles. The molecule has 4 nitrogen and oxygen atoms in total. The maximum atomic E-state index is 12.7. The fourth-order valence-electron chi connectivity index (χ4n) is 3.49. The van der Waals surface area contributed by atoms with Crippen LogP contribution in [0.1, 0.15) is 15.9 Å². The van der Waals surface area contributed by atoms with Crippen LogP contribution in [-0.4, -0.2) is 17.4 Å². The molecule has 0 fully saturated rings. The molecule has 0 unspecified atom stereocenters. The van der Waals surface area contributed by atoms with E-state index in [0.29, 0.717) is 17.9 Å². The average molecular weight is 302 g/mol. The monoisotopic (exact) mass is 302 g/mol. The van der Waals surface area contributed by atoms with Crippen molar-refractivity contribution in [3.63, 3.8) is 0 Å². The molecule has 0 radical (unpaired) electrons. The third kappa shape index (κ3) is 1.69. The molecule has 3 heterocycles. The first kappa shape index (κ1) is 12.5. The quantitative estimate of drug-likeness (QED) is 0.561. The van der Waals surface area contributed by atoms with Crippen LogP contribution in [0.2, 0.25) is 0 Å². The predicted molar refractivity (Wildman–Crippen MR) is 89.5 cm³/mol. The van der Waals surface area contributed by atoms with E-state index in [0.717, 1.165) is 33.9 Å². The van der Waals surface area contributed by atoms with Crippen molar-refractivity contribution in [1.29, 1.82) is 0 Å². The molecule has 112 valence electrons. The molecule has 1 amide bonds. The Morgan fingerprint density at radius 2 is 1.87 bits per heavy atom. The summed E-state index contributed by atoms with van der Waals surface area (Å²) in [6.45, 7) is 0.626. The van der Waals surface area contributed by atoms with Crippen LogP contribution >= 0.6 is 0 Å². The van der Waals surface area contributed by atoms with Crippen molar-refractivity contribution in [2.24, 2.45) is 0 Å². The van der Waals surface area contributed by atoms with Crippen LogP contribution in [0.5, 0.6) is 0 Å². The summed E-state index contributed by atoms with van der Waals surface area (Å²) in [4.78, 5) is 16.0. The minimum Gasteiger partial charge on any atom is -0.455 e. The van der Waals surface area contributed by atoms with Crippen molar-refractivity contribution in [2.75, 3.05) is 6.54 Å². The molecule has 1 aliphatic rings. The van der Waals surface area contributed by atoms with E-state index in [1.54, 1.807) is 0 Å². The Morgan fingerprint density at radius 1 is 1.00 bits per heavy atom. The first-order chi connectivity index (χ1) is 11.3. The van der Waals surface area contributed by atoms with E-state index in [-0.39, 0.29) is 5.91 Å². The lowest BCUT2D eigenvalue weighted by Gasteiger charge is -2.10. The normalized spacial score (nSPS) is 14.2. The Kier molecular flexibility index (Phi) is 2.45. The number of amides is 1. The van der Waals surface area contributed by atoms with Crippen molar-refractivity contribution in [3.05, 3.63) is 59.8 Å². The number of rotatable bonds is 1. The highest BCUT2D eigenvalue weighted by atomic mass is 16.3. The summed E-state index contributed by atoms with van der Waals surface area (Å²) in [5.74, 6) is 0.571. The second-order valence-corrected chi connectivity index (χ2v) is 5.85. The van der Waals surface area contributed by atoms with Gasteiger partial charge in [-0.2, -0.15) is 0 Å². The van der Waals surface area contributed by atoms with Gasteiger partial charge in [-0.05, 0) is 24.1 Å². The zero-order chi connectivity index (χ0) is 15.4. The molecular weight excluding hydrogens is 288 g/mol. The Morgan fingerprint density at radius 3 is 2.74 bits per heavy atom. The number of carbonyl (C=O) groups is 1. The fraction of sp³-hybridized carbons (Fsp3) is 0.105. The Balaban J connectivity index is 1.98. The van der Waals surface area contributed by atoms with Crippen LogP contribution in [0.15, 0.2) is 53.1 Å². The van der Waals surface area contributed by atoms with Crippen LogP contribution in [0.25, 0.3) is 33.2 Å². The van der Waals surface area contributed by atoms with Crippen LogP contribution < -0.4 is 5.32 Å². The van der Waals surface area contributed by atoms with Gasteiger partial charge >= 0.3 is 0 Å². The fourth-order valence-corrected chi connectivity index (χ4v) is 3.49. The maximum Gasteiger partial charge on any atom is 0.255 e. The molecule has 5 rings (SSSR count). The predicted octanol–water partition coefficient (Wildman–Crippen LogP) is 3.87. The summed E-state index contributed by atoms with van der Waals surface area (Å²) in [6.07, 6.45) is 2.84. The van der Waals surface area contributed by atoms with E-state index in [1.165, 1.54) is 5.56 Å². The smallest absolute Gasteiger partial charge is 0.255 e. The maximum absolute atomic E-state index is 12.7. The van der Waals surface area contributed by atoms with Crippen molar-refractivity contribution in [2.45, 2.75) is 6.42 Å². The van der Waals surface area contributed by atoms with E-state index in [9.17, 15) is 4.79 Å². The average Bonchev–Trinajstić information content (AvgIpc) is 3.15. The molecule has 0 spiro atoms. The molecule has 2 aromatic heterocycles. The van der Waals surface area contributed by atoms with Gasteiger partial charge in [0, 0.05) is 34.6 Å². The lowest BCUT2D eigenvalue weighted by molar-refractivity contribution is 0.0955. The van der Waals surface area contributed by atoms with Crippen molar-refractivity contribution in [3.8, 4) is 11.3 Å². The van der Waals surface area contributed by atoms with Gasteiger partial charge in [0.2, 0.25) is 0 Å². The SMILES string of the molecule is O=C1NCCc2c[nH]c3ccc4oc(-c5ccccc5)c1c4c23. The number of aromatic amines is 1.